The molecule has 1 heterocycles. The van der Waals surface area contributed by atoms with Gasteiger partial charge in [0.15, 0.2) is 5.69 Å². The zero-order valence-electron chi connectivity index (χ0n) is 11.3. The molecule has 0 aliphatic carbocycles. The van der Waals surface area contributed by atoms with Gasteiger partial charge in [0.05, 0.1) is 19.9 Å². The Balaban J connectivity index is 2.73. The second-order valence-corrected chi connectivity index (χ2v) is 4.37. The van der Waals surface area contributed by atoms with Gasteiger partial charge >= 0.3 is 5.97 Å². The summed E-state index contributed by atoms with van der Waals surface area (Å²) >= 11 is 0. The predicted molar refractivity (Wildman–Crippen MR) is 67.2 cm³/mol. The number of aromatic nitrogens is 3. The Hall–Kier alpha value is -1.96. The Morgan fingerprint density at radius 3 is 2.74 bits per heavy atom. The molecule has 0 saturated heterocycles. The first-order valence-corrected chi connectivity index (χ1v) is 5.98. The minimum atomic E-state index is -0.711. The third kappa shape index (κ3) is 4.02. The Morgan fingerprint density at radius 1 is 1.53 bits per heavy atom. The van der Waals surface area contributed by atoms with Crippen LogP contribution in [0.4, 0.5) is 0 Å². The molecule has 3 N–H and O–H groups in total. The van der Waals surface area contributed by atoms with Crippen molar-refractivity contribution >= 4 is 11.9 Å². The minimum absolute atomic E-state index is 0.0875. The molecule has 0 bridgehead atoms. The highest BCUT2D eigenvalue weighted by Crippen LogP contribution is 2.05. The lowest BCUT2D eigenvalue weighted by Crippen LogP contribution is -2.45. The fraction of sp³-hybridized carbons (Fsp3) is 0.636. The molecule has 0 radical (unpaired) electrons. The first-order valence-electron chi connectivity index (χ1n) is 5.98. The van der Waals surface area contributed by atoms with Crippen LogP contribution in [-0.4, -0.2) is 46.6 Å². The van der Waals surface area contributed by atoms with Crippen LogP contribution in [0, 0.1) is 5.92 Å². The summed E-state index contributed by atoms with van der Waals surface area (Å²) in [5, 5.41) is 10.1. The van der Waals surface area contributed by atoms with E-state index in [0.29, 0.717) is 13.1 Å². The number of ether oxygens (including phenoxy) is 1. The molecule has 8 nitrogen and oxygen atoms in total. The van der Waals surface area contributed by atoms with Gasteiger partial charge in [0.1, 0.15) is 6.04 Å². The molecule has 0 aromatic carbocycles. The topological polar surface area (TPSA) is 112 Å². The van der Waals surface area contributed by atoms with E-state index in [9.17, 15) is 9.59 Å². The van der Waals surface area contributed by atoms with E-state index in [4.69, 9.17) is 5.73 Å². The number of nitrogens with zero attached hydrogens (tertiary/aromatic N) is 3. The number of methoxy groups -OCH3 is 1. The molecule has 1 aromatic rings. The summed E-state index contributed by atoms with van der Waals surface area (Å²) in [7, 11) is 1.28. The molecule has 1 atom stereocenters. The molecule has 1 aromatic heterocycles. The predicted octanol–water partition coefficient (Wildman–Crippen LogP) is -0.836. The Kier molecular flexibility index (Phi) is 5.43. The number of carbonyl (C=O) groups excluding carboxylic acids is 2. The first kappa shape index (κ1) is 15.1. The number of esters is 1. The molecular weight excluding hydrogens is 250 g/mol. The fourth-order valence-electron chi connectivity index (χ4n) is 1.48. The third-order valence-electron chi connectivity index (χ3n) is 2.54. The van der Waals surface area contributed by atoms with Crippen LogP contribution in [0.15, 0.2) is 6.20 Å². The Labute approximate surface area is 111 Å². The third-order valence-corrected chi connectivity index (χ3v) is 2.54. The van der Waals surface area contributed by atoms with Gasteiger partial charge in [-0.25, -0.2) is 4.79 Å². The summed E-state index contributed by atoms with van der Waals surface area (Å²) in [4.78, 5) is 23.5. The first-order chi connectivity index (χ1) is 8.99. The lowest BCUT2D eigenvalue weighted by atomic mass is 10.0. The molecular formula is C11H19N5O3. The lowest BCUT2D eigenvalue weighted by molar-refractivity contribution is -0.144. The largest absolute Gasteiger partial charge is 0.467 e. The summed E-state index contributed by atoms with van der Waals surface area (Å²) in [6, 6.07) is -0.711. The number of nitrogens with two attached hydrogens (primary N) is 1. The number of rotatable bonds is 6. The van der Waals surface area contributed by atoms with Crippen LogP contribution < -0.4 is 11.1 Å². The van der Waals surface area contributed by atoms with Crippen LogP contribution in [0.5, 0.6) is 0 Å². The summed E-state index contributed by atoms with van der Waals surface area (Å²) in [6.07, 6.45) is 1.48. The molecule has 1 amide bonds. The number of hydrogen-bond donors (Lipinski definition) is 2. The molecule has 0 saturated carbocycles. The van der Waals surface area contributed by atoms with Gasteiger partial charge in [-0.05, 0) is 5.92 Å². The molecule has 0 spiro atoms. The van der Waals surface area contributed by atoms with E-state index in [2.05, 4.69) is 20.4 Å². The molecule has 19 heavy (non-hydrogen) atoms. The normalized spacial score (nSPS) is 12.3. The van der Waals surface area contributed by atoms with E-state index in [-0.39, 0.29) is 11.6 Å². The van der Waals surface area contributed by atoms with Crippen molar-refractivity contribution in [2.24, 2.45) is 11.7 Å². The van der Waals surface area contributed by atoms with Crippen LogP contribution in [0.2, 0.25) is 0 Å². The van der Waals surface area contributed by atoms with Crippen molar-refractivity contribution in [2.45, 2.75) is 26.4 Å². The highest BCUT2D eigenvalue weighted by Gasteiger charge is 2.26. The van der Waals surface area contributed by atoms with Crippen LogP contribution in [0.1, 0.15) is 24.3 Å². The maximum Gasteiger partial charge on any atom is 0.328 e. The number of amides is 1. The molecule has 0 fully saturated rings. The summed E-state index contributed by atoms with van der Waals surface area (Å²) in [5.74, 6) is -1.04. The lowest BCUT2D eigenvalue weighted by Gasteiger charge is -2.18. The Morgan fingerprint density at radius 2 is 2.21 bits per heavy atom. The number of carbonyl (C=O) groups is 2. The zero-order valence-corrected chi connectivity index (χ0v) is 11.3. The van der Waals surface area contributed by atoms with Crippen molar-refractivity contribution in [1.82, 2.24) is 20.3 Å². The van der Waals surface area contributed by atoms with Gasteiger partial charge in [-0.1, -0.05) is 19.1 Å². The van der Waals surface area contributed by atoms with Gasteiger partial charge in [0, 0.05) is 6.54 Å². The second-order valence-electron chi connectivity index (χ2n) is 4.37. The summed E-state index contributed by atoms with van der Waals surface area (Å²) < 4.78 is 6.11. The van der Waals surface area contributed by atoms with Gasteiger partial charge in [0.25, 0.3) is 5.91 Å². The standard InChI is InChI=1S/C11H19N5O3/c1-7(2)9(11(18)19-3)13-10(17)8-6-16(5-4-12)15-14-8/h6-7,9H,4-5,12H2,1-3H3,(H,13,17)/t9-/m0/s1. The highest BCUT2D eigenvalue weighted by atomic mass is 16.5. The molecule has 0 aliphatic rings. The van der Waals surface area contributed by atoms with Crippen LogP contribution >= 0.6 is 0 Å². The molecule has 106 valence electrons. The van der Waals surface area contributed by atoms with Crippen molar-refractivity contribution in [3.05, 3.63) is 11.9 Å². The average Bonchev–Trinajstić information content (AvgIpc) is 2.83. The van der Waals surface area contributed by atoms with E-state index in [1.54, 1.807) is 0 Å². The van der Waals surface area contributed by atoms with E-state index in [0.717, 1.165) is 0 Å². The zero-order chi connectivity index (χ0) is 14.4. The molecule has 0 aliphatic heterocycles. The quantitative estimate of drug-likeness (QED) is 0.651. The summed E-state index contributed by atoms with van der Waals surface area (Å²) in [6.45, 7) is 4.51. The number of hydrogen-bond acceptors (Lipinski definition) is 6. The van der Waals surface area contributed by atoms with Gasteiger partial charge in [-0.3, -0.25) is 9.48 Å². The van der Waals surface area contributed by atoms with E-state index in [1.807, 2.05) is 13.8 Å². The molecule has 8 heteroatoms. The maximum atomic E-state index is 11.9. The average molecular weight is 269 g/mol. The van der Waals surface area contributed by atoms with Crippen molar-refractivity contribution in [2.75, 3.05) is 13.7 Å². The van der Waals surface area contributed by atoms with Crippen molar-refractivity contribution in [3.8, 4) is 0 Å². The van der Waals surface area contributed by atoms with Crippen molar-refractivity contribution in [1.29, 1.82) is 0 Å². The second kappa shape index (κ2) is 6.83. The van der Waals surface area contributed by atoms with Crippen LogP contribution in [0.3, 0.4) is 0 Å². The maximum absolute atomic E-state index is 11.9. The minimum Gasteiger partial charge on any atom is -0.467 e. The smallest absolute Gasteiger partial charge is 0.328 e. The van der Waals surface area contributed by atoms with E-state index in [1.165, 1.54) is 18.0 Å². The van der Waals surface area contributed by atoms with Gasteiger partial charge < -0.3 is 15.8 Å². The van der Waals surface area contributed by atoms with E-state index >= 15 is 0 Å². The van der Waals surface area contributed by atoms with Crippen molar-refractivity contribution in [3.63, 3.8) is 0 Å². The summed E-state index contributed by atoms with van der Waals surface area (Å²) in [5.41, 5.74) is 5.52. The van der Waals surface area contributed by atoms with Crippen LogP contribution in [-0.2, 0) is 16.1 Å². The molecule has 0 unspecified atom stereocenters. The van der Waals surface area contributed by atoms with Gasteiger partial charge in [-0.15, -0.1) is 5.10 Å². The van der Waals surface area contributed by atoms with Crippen molar-refractivity contribution < 1.29 is 14.3 Å². The highest BCUT2D eigenvalue weighted by molar-refractivity contribution is 5.94. The monoisotopic (exact) mass is 269 g/mol. The van der Waals surface area contributed by atoms with Gasteiger partial charge in [-0.2, -0.15) is 0 Å². The fourth-order valence-corrected chi connectivity index (χ4v) is 1.48. The van der Waals surface area contributed by atoms with Crippen LogP contribution in [0.25, 0.3) is 0 Å². The van der Waals surface area contributed by atoms with Gasteiger partial charge in [0.2, 0.25) is 0 Å². The molecule has 1 rings (SSSR count). The Bertz CT molecular complexity index is 443. The number of nitrogens with one attached hydrogen (secondary N) is 1. The SMILES string of the molecule is COC(=O)[C@@H](NC(=O)c1cn(CCN)nn1)C(C)C. The van der Waals surface area contributed by atoms with E-state index < -0.39 is 17.9 Å².